The number of halogens is 1. The number of aromatic nitrogens is 1. The molecule has 0 saturated heterocycles. The van der Waals surface area contributed by atoms with Gasteiger partial charge in [0.05, 0.1) is 5.52 Å². The summed E-state index contributed by atoms with van der Waals surface area (Å²) >= 11 is 0. The molecular weight excluding hydrogens is 165 g/mol. The molecule has 65 valence electrons. The van der Waals surface area contributed by atoms with Crippen LogP contribution in [0.15, 0.2) is 24.3 Å². The predicted octanol–water partition coefficient (Wildman–Crippen LogP) is 2.86. The van der Waals surface area contributed by atoms with Crippen molar-refractivity contribution in [3.8, 4) is 0 Å². The lowest BCUT2D eigenvalue weighted by atomic mass is 10.1. The fourth-order valence-electron chi connectivity index (χ4n) is 1.42. The molecule has 0 N–H and O–H groups in total. The molecule has 0 bridgehead atoms. The molecule has 1 aromatic heterocycles. The zero-order valence-electron chi connectivity index (χ0n) is 7.34. The molecule has 2 aromatic rings. The van der Waals surface area contributed by atoms with Crippen LogP contribution in [0.4, 0.5) is 4.39 Å². The van der Waals surface area contributed by atoms with E-state index in [4.69, 9.17) is 0 Å². The molecule has 0 aliphatic carbocycles. The van der Waals surface area contributed by atoms with Crippen LogP contribution in [-0.2, 0) is 0 Å². The second-order valence-electron chi connectivity index (χ2n) is 3.08. The number of pyridine rings is 1. The average Bonchev–Trinajstić information content (AvgIpc) is 2.06. The van der Waals surface area contributed by atoms with Crippen molar-refractivity contribution in [2.24, 2.45) is 0 Å². The van der Waals surface area contributed by atoms with Crippen LogP contribution in [0, 0.1) is 19.7 Å². The second kappa shape index (κ2) is 2.80. The first-order valence-corrected chi connectivity index (χ1v) is 4.06. The van der Waals surface area contributed by atoms with Gasteiger partial charge in [0.25, 0.3) is 0 Å². The van der Waals surface area contributed by atoms with Crippen molar-refractivity contribution in [2.75, 3.05) is 0 Å². The highest BCUT2D eigenvalue weighted by molar-refractivity contribution is 5.83. The first-order valence-electron chi connectivity index (χ1n) is 4.06. The highest BCUT2D eigenvalue weighted by atomic mass is 19.1. The average molecular weight is 174 g/mol. The monoisotopic (exact) mass is 174 g/mol. The summed E-state index contributed by atoms with van der Waals surface area (Å²) in [4.78, 5) is 4.27. The van der Waals surface area contributed by atoms with Crippen molar-refractivity contribution in [2.45, 2.75) is 6.92 Å². The first kappa shape index (κ1) is 8.17. The summed E-state index contributed by atoms with van der Waals surface area (Å²) in [6, 6.07) is 6.40. The minimum Gasteiger partial charge on any atom is -0.253 e. The summed E-state index contributed by atoms with van der Waals surface area (Å²) in [5, 5.41) is 0.783. The minimum absolute atomic E-state index is 0.247. The Hall–Kier alpha value is -1.44. The molecule has 0 aliphatic rings. The Bertz CT molecular complexity index is 463. The van der Waals surface area contributed by atoms with E-state index in [1.165, 1.54) is 12.1 Å². The molecule has 0 amide bonds. The maximum Gasteiger partial charge on any atom is 0.123 e. The fraction of sp³-hybridized carbons (Fsp3) is 0.0909. The van der Waals surface area contributed by atoms with Crippen LogP contribution in [0.3, 0.4) is 0 Å². The van der Waals surface area contributed by atoms with Gasteiger partial charge in [0.2, 0.25) is 0 Å². The lowest BCUT2D eigenvalue weighted by molar-refractivity contribution is 0.629. The van der Waals surface area contributed by atoms with Crippen molar-refractivity contribution in [1.82, 2.24) is 4.98 Å². The van der Waals surface area contributed by atoms with E-state index in [9.17, 15) is 4.39 Å². The molecular formula is C11H9FN. The second-order valence-corrected chi connectivity index (χ2v) is 3.08. The highest BCUT2D eigenvalue weighted by Gasteiger charge is 2.01. The van der Waals surface area contributed by atoms with Gasteiger partial charge in [-0.15, -0.1) is 0 Å². The van der Waals surface area contributed by atoms with E-state index >= 15 is 0 Å². The van der Waals surface area contributed by atoms with Gasteiger partial charge >= 0.3 is 0 Å². The number of fused-ring (bicyclic) bond motifs is 1. The summed E-state index contributed by atoms with van der Waals surface area (Å²) in [6.45, 7) is 5.74. The van der Waals surface area contributed by atoms with E-state index in [0.717, 1.165) is 22.2 Å². The van der Waals surface area contributed by atoms with Gasteiger partial charge < -0.3 is 0 Å². The zero-order chi connectivity index (χ0) is 9.42. The van der Waals surface area contributed by atoms with Gasteiger partial charge in [-0.25, -0.2) is 4.39 Å². The largest absolute Gasteiger partial charge is 0.253 e. The van der Waals surface area contributed by atoms with E-state index in [1.54, 1.807) is 6.07 Å². The SMILES string of the molecule is [CH2]c1cc(C)nc2ccc(F)cc12. The van der Waals surface area contributed by atoms with E-state index in [-0.39, 0.29) is 5.82 Å². The zero-order valence-corrected chi connectivity index (χ0v) is 7.34. The van der Waals surface area contributed by atoms with Crippen LogP contribution in [0.5, 0.6) is 0 Å². The lowest BCUT2D eigenvalue weighted by Gasteiger charge is -2.02. The van der Waals surface area contributed by atoms with E-state index in [1.807, 2.05) is 13.0 Å². The molecule has 0 fully saturated rings. The number of nitrogens with zero attached hydrogens (tertiary/aromatic N) is 1. The topological polar surface area (TPSA) is 12.9 Å². The Balaban J connectivity index is 2.87. The van der Waals surface area contributed by atoms with Gasteiger partial charge in [0, 0.05) is 11.1 Å². The van der Waals surface area contributed by atoms with Crippen LogP contribution in [-0.4, -0.2) is 4.98 Å². The van der Waals surface area contributed by atoms with Gasteiger partial charge in [-0.3, -0.25) is 4.98 Å². The Morgan fingerprint density at radius 2 is 2.08 bits per heavy atom. The number of hydrogen-bond acceptors (Lipinski definition) is 1. The van der Waals surface area contributed by atoms with Crippen molar-refractivity contribution in [1.29, 1.82) is 0 Å². The van der Waals surface area contributed by atoms with Gasteiger partial charge in [-0.2, -0.15) is 0 Å². The Morgan fingerprint density at radius 3 is 2.85 bits per heavy atom. The van der Waals surface area contributed by atoms with Crippen molar-refractivity contribution < 1.29 is 4.39 Å². The Labute approximate surface area is 76.2 Å². The van der Waals surface area contributed by atoms with Crippen LogP contribution in [0.1, 0.15) is 11.3 Å². The quantitative estimate of drug-likeness (QED) is 0.598. The molecule has 0 atom stereocenters. The predicted molar refractivity (Wildman–Crippen MR) is 50.9 cm³/mol. The van der Waals surface area contributed by atoms with E-state index in [0.29, 0.717) is 0 Å². The fourth-order valence-corrected chi connectivity index (χ4v) is 1.42. The number of hydrogen-bond donors (Lipinski definition) is 0. The van der Waals surface area contributed by atoms with Crippen LogP contribution < -0.4 is 0 Å². The highest BCUT2D eigenvalue weighted by Crippen LogP contribution is 2.18. The molecule has 1 nitrogen and oxygen atoms in total. The van der Waals surface area contributed by atoms with Gasteiger partial charge in [-0.05, 0) is 43.7 Å². The minimum atomic E-state index is -0.247. The third-order valence-corrected chi connectivity index (χ3v) is 1.98. The third kappa shape index (κ3) is 1.39. The molecule has 1 radical (unpaired) electrons. The Kier molecular flexibility index (Phi) is 1.76. The van der Waals surface area contributed by atoms with E-state index in [2.05, 4.69) is 11.9 Å². The molecule has 2 heteroatoms. The van der Waals surface area contributed by atoms with E-state index < -0.39 is 0 Å². The maximum absolute atomic E-state index is 12.9. The standard InChI is InChI=1S/C11H9FN/c1-7-5-8(2)13-11-4-3-9(12)6-10(7)11/h3-6H,1H2,2H3. The van der Waals surface area contributed by atoms with Crippen molar-refractivity contribution >= 4 is 10.9 Å². The molecule has 0 saturated carbocycles. The van der Waals surface area contributed by atoms with Crippen LogP contribution in [0.25, 0.3) is 10.9 Å². The maximum atomic E-state index is 12.9. The molecule has 0 unspecified atom stereocenters. The number of rotatable bonds is 0. The van der Waals surface area contributed by atoms with Crippen LogP contribution >= 0.6 is 0 Å². The third-order valence-electron chi connectivity index (χ3n) is 1.98. The van der Waals surface area contributed by atoms with Crippen LogP contribution in [0.2, 0.25) is 0 Å². The van der Waals surface area contributed by atoms with Crippen molar-refractivity contribution in [3.63, 3.8) is 0 Å². The summed E-state index contributed by atoms with van der Waals surface area (Å²) in [5.74, 6) is -0.247. The molecule has 0 aliphatic heterocycles. The first-order chi connectivity index (χ1) is 6.16. The summed E-state index contributed by atoms with van der Waals surface area (Å²) in [5.41, 5.74) is 2.53. The summed E-state index contributed by atoms with van der Waals surface area (Å²) in [7, 11) is 0. The summed E-state index contributed by atoms with van der Waals surface area (Å²) in [6.07, 6.45) is 0. The van der Waals surface area contributed by atoms with Crippen molar-refractivity contribution in [3.05, 3.63) is 48.3 Å². The lowest BCUT2D eigenvalue weighted by Crippen LogP contribution is -1.87. The number of aryl methyl sites for hydroxylation is 1. The smallest absolute Gasteiger partial charge is 0.123 e. The molecule has 13 heavy (non-hydrogen) atoms. The van der Waals surface area contributed by atoms with Gasteiger partial charge in [-0.1, -0.05) is 0 Å². The molecule has 1 aromatic carbocycles. The van der Waals surface area contributed by atoms with Gasteiger partial charge in [0.1, 0.15) is 5.82 Å². The normalized spacial score (nSPS) is 10.7. The Morgan fingerprint density at radius 1 is 1.31 bits per heavy atom. The summed E-state index contributed by atoms with van der Waals surface area (Å²) < 4.78 is 12.9. The number of benzene rings is 1. The molecule has 1 heterocycles. The van der Waals surface area contributed by atoms with Gasteiger partial charge in [0.15, 0.2) is 0 Å². The molecule has 2 rings (SSSR count). The molecule has 0 spiro atoms.